The molecule has 0 atom stereocenters. The first-order chi connectivity index (χ1) is 15.0. The van der Waals surface area contributed by atoms with Crippen molar-refractivity contribution < 1.29 is 4.74 Å². The standard InChI is InChI=1S/C26H22Cl3OP/c1-30-20-17-25(27)24(26(28)18-20)19-31(29,21-11-5-2-6-12-21,22-13-7-3-8-14-22)23-15-9-4-10-16-23/h2-18H,19H2,1H3. The summed E-state index contributed by atoms with van der Waals surface area (Å²) in [6.45, 7) is 0. The summed E-state index contributed by atoms with van der Waals surface area (Å²) in [7, 11) is 1.60. The normalized spacial score (nSPS) is 12.7. The molecule has 4 rings (SSSR count). The Morgan fingerprint density at radius 2 is 1.00 bits per heavy atom. The fraction of sp³-hybridized carbons (Fsp3) is 0.0769. The Hall–Kier alpha value is -2.02. The molecule has 0 spiro atoms. The molecule has 0 heterocycles. The van der Waals surface area contributed by atoms with Crippen LogP contribution in [0.4, 0.5) is 0 Å². The molecule has 31 heavy (non-hydrogen) atoms. The molecule has 0 aromatic heterocycles. The summed E-state index contributed by atoms with van der Waals surface area (Å²) in [5, 5.41) is 4.28. The molecule has 0 saturated heterocycles. The molecular weight excluding hydrogens is 466 g/mol. The summed E-state index contributed by atoms with van der Waals surface area (Å²) >= 11 is 21.6. The van der Waals surface area contributed by atoms with E-state index in [0.717, 1.165) is 21.5 Å². The van der Waals surface area contributed by atoms with Crippen LogP contribution in [-0.4, -0.2) is 7.11 Å². The number of benzene rings is 4. The van der Waals surface area contributed by atoms with Crippen LogP contribution in [0.1, 0.15) is 5.56 Å². The van der Waals surface area contributed by atoms with Crippen molar-refractivity contribution in [1.29, 1.82) is 0 Å². The van der Waals surface area contributed by atoms with Gasteiger partial charge in [-0.3, -0.25) is 0 Å². The van der Waals surface area contributed by atoms with Gasteiger partial charge in [-0.05, 0) is 0 Å². The molecule has 4 aromatic rings. The first kappa shape index (κ1) is 22.2. The molecule has 0 aliphatic carbocycles. The number of ether oxygens (including phenoxy) is 1. The van der Waals surface area contributed by atoms with Gasteiger partial charge >= 0.3 is 199 Å². The maximum atomic E-state index is 8.11. The Morgan fingerprint density at radius 1 is 0.645 bits per heavy atom. The van der Waals surface area contributed by atoms with Gasteiger partial charge in [0.25, 0.3) is 0 Å². The molecule has 4 aromatic carbocycles. The van der Waals surface area contributed by atoms with Gasteiger partial charge in [-0.15, -0.1) is 0 Å². The third kappa shape index (κ3) is 3.86. The van der Waals surface area contributed by atoms with Crippen molar-refractivity contribution in [3.8, 4) is 5.75 Å². The average molecular weight is 488 g/mol. The van der Waals surface area contributed by atoms with Crippen LogP contribution in [0.5, 0.6) is 5.75 Å². The van der Waals surface area contributed by atoms with E-state index in [-0.39, 0.29) is 0 Å². The fourth-order valence-corrected chi connectivity index (χ4v) is 11.0. The third-order valence-electron chi connectivity index (χ3n) is 5.69. The number of halogens is 3. The second kappa shape index (κ2) is 8.85. The Bertz CT molecular complexity index is 1060. The van der Waals surface area contributed by atoms with Gasteiger partial charge in [0.1, 0.15) is 0 Å². The Kier molecular flexibility index (Phi) is 6.33. The molecular formula is C26H22Cl3OP. The molecule has 0 N–H and O–H groups in total. The van der Waals surface area contributed by atoms with Crippen molar-refractivity contribution in [2.45, 2.75) is 6.16 Å². The van der Waals surface area contributed by atoms with Gasteiger partial charge in [-0.1, -0.05) is 0 Å². The van der Waals surface area contributed by atoms with E-state index in [4.69, 9.17) is 39.2 Å². The number of hydrogen-bond acceptors (Lipinski definition) is 1. The van der Waals surface area contributed by atoms with Crippen molar-refractivity contribution in [1.82, 2.24) is 0 Å². The summed E-state index contributed by atoms with van der Waals surface area (Å²) in [5.74, 6) is -2.89. The summed E-state index contributed by atoms with van der Waals surface area (Å²) in [4.78, 5) is 0. The van der Waals surface area contributed by atoms with E-state index in [9.17, 15) is 0 Å². The summed E-state index contributed by atoms with van der Waals surface area (Å²) in [6.07, 6.45) is 0.479. The van der Waals surface area contributed by atoms with Crippen molar-refractivity contribution in [2.75, 3.05) is 7.11 Å². The Morgan fingerprint density at radius 3 is 1.32 bits per heavy atom. The third-order valence-corrected chi connectivity index (χ3v) is 13.5. The first-order valence-corrected chi connectivity index (χ1v) is 14.0. The second-order valence-corrected chi connectivity index (χ2v) is 14.7. The molecule has 0 saturated carbocycles. The van der Waals surface area contributed by atoms with Crippen LogP contribution in [0.3, 0.4) is 0 Å². The van der Waals surface area contributed by atoms with Gasteiger partial charge in [-0.25, -0.2) is 0 Å². The summed E-state index contributed by atoms with van der Waals surface area (Å²) in [6, 6.07) is 34.4. The number of hydrogen-bond donors (Lipinski definition) is 0. The minimum atomic E-state index is -3.51. The van der Waals surface area contributed by atoms with Crippen LogP contribution in [-0.2, 0) is 6.16 Å². The van der Waals surface area contributed by atoms with Gasteiger partial charge in [0.2, 0.25) is 0 Å². The molecule has 0 fully saturated rings. The Balaban J connectivity index is 2.10. The fourth-order valence-electron chi connectivity index (χ4n) is 4.08. The van der Waals surface area contributed by atoms with Crippen LogP contribution in [0.15, 0.2) is 103 Å². The van der Waals surface area contributed by atoms with Gasteiger partial charge in [0.15, 0.2) is 0 Å². The van der Waals surface area contributed by atoms with E-state index in [1.165, 1.54) is 0 Å². The number of methoxy groups -OCH3 is 1. The van der Waals surface area contributed by atoms with Crippen molar-refractivity contribution in [3.05, 3.63) is 119 Å². The molecule has 0 aliphatic rings. The molecule has 0 aliphatic heterocycles. The average Bonchev–Trinajstić information content (AvgIpc) is 2.83. The Labute approximate surface area is 198 Å². The van der Waals surface area contributed by atoms with Crippen molar-refractivity contribution >= 4 is 56.3 Å². The van der Waals surface area contributed by atoms with Gasteiger partial charge in [-0.2, -0.15) is 0 Å². The van der Waals surface area contributed by atoms with E-state index in [2.05, 4.69) is 36.4 Å². The van der Waals surface area contributed by atoms with Crippen LogP contribution >= 0.6 is 40.4 Å². The molecule has 5 heteroatoms. The van der Waals surface area contributed by atoms with E-state index < -0.39 is 5.96 Å². The minimum absolute atomic E-state index is 0.479. The van der Waals surface area contributed by atoms with Crippen LogP contribution in [0.25, 0.3) is 0 Å². The summed E-state index contributed by atoms with van der Waals surface area (Å²) < 4.78 is 5.35. The SMILES string of the molecule is COc1cc(Cl)c(CP(Cl)(c2ccccc2)(c2ccccc2)c2ccccc2)c(Cl)c1. The number of rotatable bonds is 6. The molecule has 1 nitrogen and oxygen atoms in total. The van der Waals surface area contributed by atoms with Gasteiger partial charge in [0.05, 0.1) is 0 Å². The first-order valence-electron chi connectivity index (χ1n) is 9.89. The predicted octanol–water partition coefficient (Wildman–Crippen LogP) is 7.19. The van der Waals surface area contributed by atoms with Crippen LogP contribution in [0.2, 0.25) is 10.0 Å². The zero-order valence-electron chi connectivity index (χ0n) is 17.0. The second-order valence-electron chi connectivity index (χ2n) is 7.42. The van der Waals surface area contributed by atoms with Crippen LogP contribution < -0.4 is 20.7 Å². The maximum absolute atomic E-state index is 8.11. The van der Waals surface area contributed by atoms with Crippen LogP contribution in [0, 0.1) is 0 Å². The monoisotopic (exact) mass is 486 g/mol. The summed E-state index contributed by atoms with van der Waals surface area (Å²) in [5.41, 5.74) is 0.813. The van der Waals surface area contributed by atoms with Crippen molar-refractivity contribution in [2.24, 2.45) is 0 Å². The van der Waals surface area contributed by atoms with E-state index in [0.29, 0.717) is 22.0 Å². The topological polar surface area (TPSA) is 9.23 Å². The zero-order valence-corrected chi connectivity index (χ0v) is 20.2. The molecule has 0 amide bonds. The predicted molar refractivity (Wildman–Crippen MR) is 138 cm³/mol. The molecule has 0 bridgehead atoms. The van der Waals surface area contributed by atoms with Crippen molar-refractivity contribution in [3.63, 3.8) is 0 Å². The van der Waals surface area contributed by atoms with E-state index in [1.54, 1.807) is 19.2 Å². The quantitative estimate of drug-likeness (QED) is 0.262. The zero-order chi connectivity index (χ0) is 21.9. The molecule has 0 radical (unpaired) electrons. The van der Waals surface area contributed by atoms with Gasteiger partial charge < -0.3 is 0 Å². The molecule has 0 unspecified atom stereocenters. The van der Waals surface area contributed by atoms with E-state index >= 15 is 0 Å². The van der Waals surface area contributed by atoms with Gasteiger partial charge in [0, 0.05) is 0 Å². The van der Waals surface area contributed by atoms with E-state index in [1.807, 2.05) is 54.6 Å². The molecule has 158 valence electrons.